The Hall–Kier alpha value is -4.07. The van der Waals surface area contributed by atoms with Gasteiger partial charge in [-0.2, -0.15) is 26.3 Å². The standard InChI is InChI=1S/C26H24F6N4O4/c1-14-21(40-17-6-3-5-16(12-17)25(27,28)29)18(11-15-7-8-19(33-13-15)26(30,31)32)20-22(34-14)35(2)24(39)36(23(20)38)9-4-10-37/h3,5-8,12-14,34,37H,4,9-11H2,1-2H3. The quantitative estimate of drug-likeness (QED) is 0.413. The van der Waals surface area contributed by atoms with Crippen LogP contribution >= 0.6 is 0 Å². The number of aliphatic hydroxyl groups is 1. The molecule has 0 saturated carbocycles. The second kappa shape index (κ2) is 10.8. The normalized spacial score (nSPS) is 15.6. The summed E-state index contributed by atoms with van der Waals surface area (Å²) in [6.07, 6.45) is -8.44. The largest absolute Gasteiger partial charge is 0.459 e. The van der Waals surface area contributed by atoms with Gasteiger partial charge in [0.2, 0.25) is 0 Å². The molecule has 2 aromatic heterocycles. The van der Waals surface area contributed by atoms with Crippen LogP contribution in [0.4, 0.5) is 32.2 Å². The molecule has 214 valence electrons. The molecule has 1 aromatic carbocycles. The number of fused-ring (bicyclic) bond motifs is 1. The number of rotatable bonds is 7. The minimum absolute atomic E-state index is 0.0381. The van der Waals surface area contributed by atoms with Crippen LogP contribution in [0.5, 0.6) is 5.75 Å². The van der Waals surface area contributed by atoms with Gasteiger partial charge in [-0.15, -0.1) is 0 Å². The maximum atomic E-state index is 13.6. The van der Waals surface area contributed by atoms with Crippen molar-refractivity contribution in [3.63, 3.8) is 0 Å². The molecular formula is C26H24F6N4O4. The minimum atomic E-state index is -4.68. The van der Waals surface area contributed by atoms with Crippen LogP contribution in [0, 0.1) is 0 Å². The Bertz CT molecular complexity index is 1560. The molecule has 0 aliphatic carbocycles. The average Bonchev–Trinajstić information content (AvgIpc) is 2.88. The minimum Gasteiger partial charge on any atom is -0.459 e. The highest BCUT2D eigenvalue weighted by atomic mass is 19.4. The van der Waals surface area contributed by atoms with E-state index in [2.05, 4.69) is 10.3 Å². The Kier molecular flexibility index (Phi) is 7.83. The predicted octanol–water partition coefficient (Wildman–Crippen LogP) is 4.21. The van der Waals surface area contributed by atoms with Gasteiger partial charge in [0.05, 0.1) is 17.2 Å². The smallest absolute Gasteiger partial charge is 0.433 e. The number of allylic oxidation sites excluding steroid dienone is 1. The summed E-state index contributed by atoms with van der Waals surface area (Å²) < 4.78 is 87.1. The van der Waals surface area contributed by atoms with Gasteiger partial charge in [-0.05, 0) is 43.2 Å². The molecule has 0 amide bonds. The molecule has 0 fully saturated rings. The number of nitrogens with zero attached hydrogens (tertiary/aromatic N) is 3. The van der Waals surface area contributed by atoms with Crippen molar-refractivity contribution < 1.29 is 36.2 Å². The first kappa shape index (κ1) is 28.9. The van der Waals surface area contributed by atoms with Gasteiger partial charge in [0.1, 0.15) is 23.0 Å². The fraction of sp³-hybridized carbons (Fsp3) is 0.346. The lowest BCUT2D eigenvalue weighted by molar-refractivity contribution is -0.141. The van der Waals surface area contributed by atoms with Crippen molar-refractivity contribution in [1.82, 2.24) is 14.1 Å². The van der Waals surface area contributed by atoms with E-state index in [9.17, 15) is 41.0 Å². The van der Waals surface area contributed by atoms with Gasteiger partial charge in [0.15, 0.2) is 0 Å². The third-order valence-corrected chi connectivity index (χ3v) is 6.32. The number of alkyl halides is 6. The molecule has 8 nitrogen and oxygen atoms in total. The van der Waals surface area contributed by atoms with E-state index in [0.29, 0.717) is 0 Å². The van der Waals surface area contributed by atoms with E-state index in [0.717, 1.165) is 35.0 Å². The molecule has 1 atom stereocenters. The SMILES string of the molecule is CC1Nc2c(c(=O)n(CCCO)c(=O)n2C)C(Cc2ccc(C(F)(F)F)nc2)=C1Oc1cccc(C(F)(F)F)c1. The Morgan fingerprint density at radius 1 is 1.07 bits per heavy atom. The highest BCUT2D eigenvalue weighted by Gasteiger charge is 2.35. The zero-order valence-electron chi connectivity index (χ0n) is 21.2. The third-order valence-electron chi connectivity index (χ3n) is 6.32. The number of ether oxygens (including phenoxy) is 1. The van der Waals surface area contributed by atoms with Crippen LogP contribution in [0.15, 0.2) is 57.9 Å². The topological polar surface area (TPSA) is 98.4 Å². The maximum absolute atomic E-state index is 13.6. The van der Waals surface area contributed by atoms with Crippen LogP contribution in [0.3, 0.4) is 0 Å². The summed E-state index contributed by atoms with van der Waals surface area (Å²) in [5, 5.41) is 12.2. The Morgan fingerprint density at radius 2 is 1.80 bits per heavy atom. The fourth-order valence-corrected chi connectivity index (χ4v) is 4.38. The molecule has 0 radical (unpaired) electrons. The fourth-order valence-electron chi connectivity index (χ4n) is 4.38. The molecule has 0 bridgehead atoms. The molecule has 40 heavy (non-hydrogen) atoms. The summed E-state index contributed by atoms with van der Waals surface area (Å²) in [7, 11) is 1.41. The van der Waals surface area contributed by atoms with Crippen molar-refractivity contribution in [2.75, 3.05) is 11.9 Å². The van der Waals surface area contributed by atoms with Gasteiger partial charge < -0.3 is 15.2 Å². The van der Waals surface area contributed by atoms with Gasteiger partial charge in [-0.1, -0.05) is 12.1 Å². The van der Waals surface area contributed by atoms with Crippen molar-refractivity contribution in [2.45, 2.75) is 44.7 Å². The van der Waals surface area contributed by atoms with Crippen LogP contribution in [0.1, 0.15) is 35.7 Å². The second-order valence-corrected chi connectivity index (χ2v) is 9.16. The molecule has 14 heteroatoms. The number of hydrogen-bond acceptors (Lipinski definition) is 6. The maximum Gasteiger partial charge on any atom is 0.433 e. The highest BCUT2D eigenvalue weighted by molar-refractivity contribution is 5.81. The molecule has 2 N–H and O–H groups in total. The van der Waals surface area contributed by atoms with Crippen molar-refractivity contribution in [3.8, 4) is 5.75 Å². The number of hydrogen-bond donors (Lipinski definition) is 2. The number of nitrogens with one attached hydrogen (secondary N) is 1. The molecule has 1 aliphatic heterocycles. The Labute approximate surface area is 223 Å². The summed E-state index contributed by atoms with van der Waals surface area (Å²) in [4.78, 5) is 30.0. The predicted molar refractivity (Wildman–Crippen MR) is 133 cm³/mol. The summed E-state index contributed by atoms with van der Waals surface area (Å²) in [6, 6.07) is 5.27. The van der Waals surface area contributed by atoms with Crippen molar-refractivity contribution in [3.05, 3.63) is 91.6 Å². The molecular weight excluding hydrogens is 546 g/mol. The van der Waals surface area contributed by atoms with Gasteiger partial charge in [-0.25, -0.2) is 4.79 Å². The molecule has 1 unspecified atom stereocenters. The molecule has 3 aromatic rings. The van der Waals surface area contributed by atoms with Gasteiger partial charge in [0, 0.05) is 38.4 Å². The highest BCUT2D eigenvalue weighted by Crippen LogP contribution is 2.37. The zero-order chi connectivity index (χ0) is 29.4. The van der Waals surface area contributed by atoms with E-state index in [-0.39, 0.29) is 60.0 Å². The van der Waals surface area contributed by atoms with Crippen LogP contribution in [-0.4, -0.2) is 31.9 Å². The van der Waals surface area contributed by atoms with E-state index in [1.54, 1.807) is 6.92 Å². The van der Waals surface area contributed by atoms with Gasteiger partial charge in [0.25, 0.3) is 5.56 Å². The lowest BCUT2D eigenvalue weighted by atomic mass is 9.93. The zero-order valence-corrected chi connectivity index (χ0v) is 21.2. The van der Waals surface area contributed by atoms with E-state index in [4.69, 9.17) is 4.74 Å². The number of aliphatic hydroxyl groups excluding tert-OH is 1. The molecule has 0 spiro atoms. The van der Waals surface area contributed by atoms with Crippen LogP contribution in [0.2, 0.25) is 0 Å². The Morgan fingerprint density at radius 3 is 2.40 bits per heavy atom. The van der Waals surface area contributed by atoms with Gasteiger partial charge >= 0.3 is 18.0 Å². The van der Waals surface area contributed by atoms with E-state index in [1.807, 2.05) is 0 Å². The molecule has 4 rings (SSSR count). The third kappa shape index (κ3) is 5.76. The molecule has 3 heterocycles. The number of aromatic nitrogens is 3. The monoisotopic (exact) mass is 570 g/mol. The van der Waals surface area contributed by atoms with Crippen LogP contribution in [0.25, 0.3) is 5.57 Å². The first-order chi connectivity index (χ1) is 18.7. The molecule has 0 saturated heterocycles. The first-order valence-corrected chi connectivity index (χ1v) is 12.0. The average molecular weight is 570 g/mol. The number of halogens is 6. The summed E-state index contributed by atoms with van der Waals surface area (Å²) in [6.45, 7) is 1.17. The van der Waals surface area contributed by atoms with E-state index < -0.39 is 40.9 Å². The van der Waals surface area contributed by atoms with E-state index in [1.165, 1.54) is 23.7 Å². The Balaban J connectivity index is 1.92. The van der Waals surface area contributed by atoms with E-state index >= 15 is 0 Å². The first-order valence-electron chi connectivity index (χ1n) is 12.0. The van der Waals surface area contributed by atoms with Crippen molar-refractivity contribution in [1.29, 1.82) is 0 Å². The number of anilines is 1. The second-order valence-electron chi connectivity index (χ2n) is 9.16. The van der Waals surface area contributed by atoms with Crippen LogP contribution < -0.4 is 21.3 Å². The van der Waals surface area contributed by atoms with Crippen LogP contribution in [-0.2, 0) is 32.4 Å². The van der Waals surface area contributed by atoms with Crippen molar-refractivity contribution >= 4 is 11.4 Å². The molecule has 1 aliphatic rings. The lowest BCUT2D eigenvalue weighted by Gasteiger charge is -2.31. The number of benzene rings is 1. The summed E-state index contributed by atoms with van der Waals surface area (Å²) in [5.41, 5.74) is -3.16. The summed E-state index contributed by atoms with van der Waals surface area (Å²) in [5.74, 6) is -0.0411. The van der Waals surface area contributed by atoms with Crippen molar-refractivity contribution in [2.24, 2.45) is 7.05 Å². The van der Waals surface area contributed by atoms with Gasteiger partial charge in [-0.3, -0.25) is 18.9 Å². The lowest BCUT2D eigenvalue weighted by Crippen LogP contribution is -2.45. The number of pyridine rings is 1. The summed E-state index contributed by atoms with van der Waals surface area (Å²) >= 11 is 0.